The number of nitrogens with zero attached hydrogens (tertiary/aromatic N) is 2. The number of halogens is 2. The Balaban J connectivity index is 1.63. The lowest BCUT2D eigenvalue weighted by atomic mass is 10.1. The molecule has 1 saturated heterocycles. The second-order valence-electron chi connectivity index (χ2n) is 7.70. The van der Waals surface area contributed by atoms with Gasteiger partial charge in [-0.2, -0.15) is 0 Å². The van der Waals surface area contributed by atoms with Gasteiger partial charge in [-0.15, -0.1) is 0 Å². The first-order chi connectivity index (χ1) is 18.1. The van der Waals surface area contributed by atoms with Crippen LogP contribution in [0.1, 0.15) is 11.1 Å². The van der Waals surface area contributed by atoms with Gasteiger partial charge in [0.05, 0.1) is 10.6 Å². The largest absolute Gasteiger partial charge is 0.423 e. The minimum atomic E-state index is -1.12. The van der Waals surface area contributed by atoms with Gasteiger partial charge in [-0.1, -0.05) is 40.2 Å². The molecule has 38 heavy (non-hydrogen) atoms. The molecule has 4 amide bonds. The van der Waals surface area contributed by atoms with Gasteiger partial charge in [-0.05, 0) is 48.0 Å². The van der Waals surface area contributed by atoms with Gasteiger partial charge in [0.2, 0.25) is 0 Å². The first kappa shape index (κ1) is 26.1. The van der Waals surface area contributed by atoms with Crippen LogP contribution in [0, 0.1) is 15.9 Å². The number of hydrogen-bond donors (Lipinski definition) is 1. The quantitative estimate of drug-likeness (QED) is 0.111. The maximum atomic E-state index is 14.3. The zero-order chi connectivity index (χ0) is 27.4. The average molecular weight is 580 g/mol. The molecule has 3 aromatic carbocycles. The van der Waals surface area contributed by atoms with E-state index in [4.69, 9.17) is 4.74 Å². The van der Waals surface area contributed by atoms with Gasteiger partial charge in [0.25, 0.3) is 17.5 Å². The highest BCUT2D eigenvalue weighted by molar-refractivity contribution is 9.10. The van der Waals surface area contributed by atoms with Gasteiger partial charge in [0.15, 0.2) is 0 Å². The lowest BCUT2D eigenvalue weighted by Gasteiger charge is -2.26. The minimum Gasteiger partial charge on any atom is -0.423 e. The number of benzene rings is 3. The molecule has 1 fully saturated rings. The van der Waals surface area contributed by atoms with Crippen LogP contribution in [0.15, 0.2) is 82.9 Å². The van der Waals surface area contributed by atoms with Crippen molar-refractivity contribution in [3.05, 3.63) is 110 Å². The highest BCUT2D eigenvalue weighted by Gasteiger charge is 2.38. The molecule has 1 heterocycles. The number of nitro groups is 1. The molecular formula is C26H15BrFN3O7. The van der Waals surface area contributed by atoms with Crippen molar-refractivity contribution in [1.82, 2.24) is 5.32 Å². The first-order valence-electron chi connectivity index (χ1n) is 10.7. The number of nitrogens with one attached hydrogen (secondary N) is 1. The first-order valence-corrected chi connectivity index (χ1v) is 11.5. The summed E-state index contributed by atoms with van der Waals surface area (Å²) in [5.41, 5.74) is -0.494. The third kappa shape index (κ3) is 5.71. The Hall–Kier alpha value is -4.97. The molecule has 0 bridgehead atoms. The van der Waals surface area contributed by atoms with Crippen molar-refractivity contribution in [2.75, 3.05) is 4.90 Å². The third-order valence-corrected chi connectivity index (χ3v) is 5.66. The van der Waals surface area contributed by atoms with Crippen LogP contribution in [0.2, 0.25) is 0 Å². The molecule has 0 spiro atoms. The van der Waals surface area contributed by atoms with Crippen LogP contribution in [0.5, 0.6) is 5.75 Å². The van der Waals surface area contributed by atoms with Crippen molar-refractivity contribution >= 4 is 63.3 Å². The molecular weight excluding hydrogens is 565 g/mol. The third-order valence-electron chi connectivity index (χ3n) is 5.17. The lowest BCUT2D eigenvalue weighted by Crippen LogP contribution is -2.54. The summed E-state index contributed by atoms with van der Waals surface area (Å²) < 4.78 is 20.2. The van der Waals surface area contributed by atoms with Crippen LogP contribution in [0.4, 0.5) is 20.6 Å². The number of non-ortho nitro benzene ring substituents is 1. The van der Waals surface area contributed by atoms with E-state index in [2.05, 4.69) is 15.9 Å². The van der Waals surface area contributed by atoms with Gasteiger partial charge < -0.3 is 4.74 Å². The van der Waals surface area contributed by atoms with Gasteiger partial charge in [-0.25, -0.2) is 18.9 Å². The normalized spacial score (nSPS) is 14.6. The fourth-order valence-corrected chi connectivity index (χ4v) is 3.82. The Morgan fingerprint density at radius 2 is 1.82 bits per heavy atom. The molecule has 0 saturated carbocycles. The Morgan fingerprint density at radius 1 is 1.05 bits per heavy atom. The van der Waals surface area contributed by atoms with E-state index in [1.165, 1.54) is 54.6 Å². The average Bonchev–Trinajstić information content (AvgIpc) is 2.88. The minimum absolute atomic E-state index is 0.0377. The molecule has 0 aromatic heterocycles. The molecule has 4 rings (SSSR count). The standard InChI is InChI=1S/C26H15BrFN3O7/c27-17-9-10-22(38-23(32)11-8-15-4-3-5-18(12-15)31(36)37)16(13-17)14-19-24(33)29-26(35)30(25(19)34)21-7-2-1-6-20(21)28/h1-14H,(H,29,33,35)/b11-8+,19-14-. The monoisotopic (exact) mass is 579 g/mol. The van der Waals surface area contributed by atoms with Crippen molar-refractivity contribution in [2.45, 2.75) is 0 Å². The second kappa shape index (κ2) is 11.0. The predicted octanol–water partition coefficient (Wildman–Crippen LogP) is 4.78. The van der Waals surface area contributed by atoms with Crippen LogP contribution in [-0.4, -0.2) is 28.7 Å². The number of urea groups is 1. The summed E-state index contributed by atoms with van der Waals surface area (Å²) in [5.74, 6) is -3.83. The van der Waals surface area contributed by atoms with E-state index in [9.17, 15) is 33.7 Å². The van der Waals surface area contributed by atoms with Crippen LogP contribution in [-0.2, 0) is 14.4 Å². The van der Waals surface area contributed by atoms with Crippen LogP contribution >= 0.6 is 15.9 Å². The number of rotatable bonds is 6. The molecule has 12 heteroatoms. The molecule has 10 nitrogen and oxygen atoms in total. The number of esters is 1. The molecule has 0 aliphatic carbocycles. The number of carbonyl (C=O) groups is 4. The van der Waals surface area contributed by atoms with Gasteiger partial charge in [0.1, 0.15) is 17.1 Å². The molecule has 1 N–H and O–H groups in total. The van der Waals surface area contributed by atoms with Gasteiger partial charge in [0, 0.05) is 28.2 Å². The summed E-state index contributed by atoms with van der Waals surface area (Å²) in [6, 6.07) is 14.0. The zero-order valence-electron chi connectivity index (χ0n) is 19.1. The SMILES string of the molecule is O=C(/C=C/c1cccc([N+](=O)[O-])c1)Oc1ccc(Br)cc1/C=C1/C(=O)NC(=O)N(c2ccccc2F)C1=O. The topological polar surface area (TPSA) is 136 Å². The summed E-state index contributed by atoms with van der Waals surface area (Å²) in [4.78, 5) is 61.3. The van der Waals surface area contributed by atoms with Crippen molar-refractivity contribution < 1.29 is 33.2 Å². The molecule has 190 valence electrons. The number of hydrogen-bond acceptors (Lipinski definition) is 7. The van der Waals surface area contributed by atoms with Crippen LogP contribution in [0.25, 0.3) is 12.2 Å². The van der Waals surface area contributed by atoms with E-state index < -0.39 is 40.1 Å². The summed E-state index contributed by atoms with van der Waals surface area (Å²) in [6.45, 7) is 0. The Morgan fingerprint density at radius 3 is 2.55 bits per heavy atom. The highest BCUT2D eigenvalue weighted by Crippen LogP contribution is 2.29. The number of amides is 4. The van der Waals surface area contributed by atoms with Gasteiger partial charge in [-0.3, -0.25) is 25.0 Å². The molecule has 1 aliphatic heterocycles. The molecule has 3 aromatic rings. The number of carbonyl (C=O) groups excluding carboxylic acids is 4. The summed E-state index contributed by atoms with van der Waals surface area (Å²) in [5, 5.41) is 12.9. The smallest absolute Gasteiger partial charge is 0.336 e. The second-order valence-corrected chi connectivity index (χ2v) is 8.61. The van der Waals surface area contributed by atoms with Crippen molar-refractivity contribution in [1.29, 1.82) is 0 Å². The Bertz CT molecular complexity index is 1570. The predicted molar refractivity (Wildman–Crippen MR) is 137 cm³/mol. The summed E-state index contributed by atoms with van der Waals surface area (Å²) in [7, 11) is 0. The fraction of sp³-hybridized carbons (Fsp3) is 0. The van der Waals surface area contributed by atoms with Crippen molar-refractivity contribution in [3.8, 4) is 5.75 Å². The van der Waals surface area contributed by atoms with Crippen molar-refractivity contribution in [2.24, 2.45) is 0 Å². The van der Waals surface area contributed by atoms with E-state index in [0.29, 0.717) is 14.9 Å². The lowest BCUT2D eigenvalue weighted by molar-refractivity contribution is -0.384. The van der Waals surface area contributed by atoms with Crippen LogP contribution in [0.3, 0.4) is 0 Å². The zero-order valence-corrected chi connectivity index (χ0v) is 20.7. The highest BCUT2D eigenvalue weighted by atomic mass is 79.9. The molecule has 1 aliphatic rings. The van der Waals surface area contributed by atoms with E-state index in [1.807, 2.05) is 5.32 Å². The number of nitro benzene ring substituents is 1. The molecule has 0 unspecified atom stereocenters. The fourth-order valence-electron chi connectivity index (χ4n) is 3.44. The van der Waals surface area contributed by atoms with E-state index in [1.54, 1.807) is 12.1 Å². The summed E-state index contributed by atoms with van der Waals surface area (Å²) >= 11 is 3.27. The van der Waals surface area contributed by atoms with Gasteiger partial charge >= 0.3 is 12.0 Å². The maximum Gasteiger partial charge on any atom is 0.336 e. The number of para-hydroxylation sites is 1. The van der Waals surface area contributed by atoms with E-state index >= 15 is 0 Å². The van der Waals surface area contributed by atoms with Crippen LogP contribution < -0.4 is 15.0 Å². The molecule has 0 radical (unpaired) electrons. The van der Waals surface area contributed by atoms with Crippen molar-refractivity contribution in [3.63, 3.8) is 0 Å². The van der Waals surface area contributed by atoms with E-state index in [-0.39, 0.29) is 22.7 Å². The summed E-state index contributed by atoms with van der Waals surface area (Å²) in [6.07, 6.45) is 3.48. The number of imide groups is 2. The number of ether oxygens (including phenoxy) is 1. The van der Waals surface area contributed by atoms with E-state index in [0.717, 1.165) is 18.2 Å². The Kier molecular flexibility index (Phi) is 7.53. The Labute approximate surface area is 222 Å². The number of anilines is 1. The number of barbiturate groups is 1. The maximum absolute atomic E-state index is 14.3. The molecule has 0 atom stereocenters.